The molecule has 0 aliphatic heterocycles. The lowest BCUT2D eigenvalue weighted by Gasteiger charge is -2.02. The molecule has 0 atom stereocenters. The van der Waals surface area contributed by atoms with Gasteiger partial charge in [0, 0.05) is 10.7 Å². The molecule has 66 valence electrons. The van der Waals surface area contributed by atoms with E-state index in [4.69, 9.17) is 5.73 Å². The second-order valence-electron chi connectivity index (χ2n) is 2.89. The van der Waals surface area contributed by atoms with E-state index in [1.165, 1.54) is 0 Å². The van der Waals surface area contributed by atoms with Gasteiger partial charge in [-0.2, -0.15) is 0 Å². The Balaban J connectivity index is 2.86. The van der Waals surface area contributed by atoms with Gasteiger partial charge < -0.3 is 5.73 Å². The Morgan fingerprint density at radius 3 is 2.92 bits per heavy atom. The number of nitrogen functional groups attached to an aromatic ring is 1. The van der Waals surface area contributed by atoms with Crippen molar-refractivity contribution in [1.82, 2.24) is 9.97 Å². The molecule has 0 amide bonds. The van der Waals surface area contributed by atoms with E-state index in [1.807, 2.05) is 19.1 Å². The third kappa shape index (κ3) is 1.49. The van der Waals surface area contributed by atoms with Gasteiger partial charge in [-0.25, -0.2) is 4.98 Å². The first-order valence-corrected chi connectivity index (χ1v) is 4.64. The molecule has 2 aromatic heterocycles. The number of halogens is 1. The van der Waals surface area contributed by atoms with E-state index in [0.717, 1.165) is 21.1 Å². The minimum absolute atomic E-state index is 0.532. The molecule has 0 bridgehead atoms. The first kappa shape index (κ1) is 8.44. The quantitative estimate of drug-likeness (QED) is 0.765. The average molecular weight is 238 g/mol. The summed E-state index contributed by atoms with van der Waals surface area (Å²) in [4.78, 5) is 8.44. The lowest BCUT2D eigenvalue weighted by Crippen LogP contribution is -1.93. The molecule has 2 N–H and O–H groups in total. The van der Waals surface area contributed by atoms with Crippen molar-refractivity contribution in [1.29, 1.82) is 0 Å². The molecule has 0 saturated heterocycles. The van der Waals surface area contributed by atoms with Crippen LogP contribution in [0, 0.1) is 6.92 Å². The standard InChI is InChI=1S/C9H8BrN3/c1-5-2-8(11)13-7-3-6(10)4-12-9(5)7/h2-4H,1H3,(H2,11,13). The molecule has 4 heteroatoms. The molecule has 3 nitrogen and oxygen atoms in total. The zero-order valence-corrected chi connectivity index (χ0v) is 8.67. The van der Waals surface area contributed by atoms with Crippen molar-refractivity contribution >= 4 is 32.8 Å². The molecular weight excluding hydrogens is 230 g/mol. The Morgan fingerprint density at radius 1 is 1.38 bits per heavy atom. The van der Waals surface area contributed by atoms with E-state index in [-0.39, 0.29) is 0 Å². The van der Waals surface area contributed by atoms with Crippen molar-refractivity contribution in [3.05, 3.63) is 28.4 Å². The molecule has 0 spiro atoms. The normalized spacial score (nSPS) is 10.6. The van der Waals surface area contributed by atoms with E-state index >= 15 is 0 Å². The summed E-state index contributed by atoms with van der Waals surface area (Å²) in [5.41, 5.74) is 8.40. The lowest BCUT2D eigenvalue weighted by molar-refractivity contribution is 1.29. The van der Waals surface area contributed by atoms with Crippen LogP contribution in [0.2, 0.25) is 0 Å². The second-order valence-corrected chi connectivity index (χ2v) is 3.80. The molecule has 13 heavy (non-hydrogen) atoms. The minimum atomic E-state index is 0.532. The highest BCUT2D eigenvalue weighted by Gasteiger charge is 2.01. The molecule has 0 saturated carbocycles. The van der Waals surface area contributed by atoms with Crippen molar-refractivity contribution in [3.63, 3.8) is 0 Å². The molecule has 0 radical (unpaired) electrons. The van der Waals surface area contributed by atoms with Gasteiger partial charge in [-0.3, -0.25) is 4.98 Å². The van der Waals surface area contributed by atoms with E-state index < -0.39 is 0 Å². The zero-order chi connectivity index (χ0) is 9.42. The molecule has 0 aliphatic rings. The first-order valence-electron chi connectivity index (χ1n) is 3.85. The number of nitrogens with two attached hydrogens (primary N) is 1. The zero-order valence-electron chi connectivity index (χ0n) is 7.08. The highest BCUT2D eigenvalue weighted by atomic mass is 79.9. The van der Waals surface area contributed by atoms with Crippen LogP contribution in [0.15, 0.2) is 22.8 Å². The van der Waals surface area contributed by atoms with Crippen LogP contribution in [0.3, 0.4) is 0 Å². The van der Waals surface area contributed by atoms with Crippen molar-refractivity contribution < 1.29 is 0 Å². The van der Waals surface area contributed by atoms with Gasteiger partial charge in [0.1, 0.15) is 5.82 Å². The predicted molar refractivity (Wildman–Crippen MR) is 56.4 cm³/mol. The number of pyridine rings is 2. The Kier molecular flexibility index (Phi) is 1.92. The first-order chi connectivity index (χ1) is 6.16. The van der Waals surface area contributed by atoms with Gasteiger partial charge in [0.2, 0.25) is 0 Å². The van der Waals surface area contributed by atoms with Gasteiger partial charge in [-0.05, 0) is 40.5 Å². The van der Waals surface area contributed by atoms with Crippen LogP contribution in [0.4, 0.5) is 5.82 Å². The molecule has 0 aliphatic carbocycles. The molecule has 2 aromatic rings. The number of hydrogen-bond acceptors (Lipinski definition) is 3. The largest absolute Gasteiger partial charge is 0.384 e. The summed E-state index contributed by atoms with van der Waals surface area (Å²) < 4.78 is 0.914. The number of aromatic nitrogens is 2. The Labute approximate surface area is 84.1 Å². The Morgan fingerprint density at radius 2 is 2.15 bits per heavy atom. The Hall–Kier alpha value is -1.16. The topological polar surface area (TPSA) is 51.8 Å². The maximum atomic E-state index is 5.62. The molecule has 2 rings (SSSR count). The summed E-state index contributed by atoms with van der Waals surface area (Å²) in [5.74, 6) is 0.532. The highest BCUT2D eigenvalue weighted by Crippen LogP contribution is 2.19. The fourth-order valence-corrected chi connectivity index (χ4v) is 1.60. The van der Waals surface area contributed by atoms with Crippen LogP contribution in [-0.4, -0.2) is 9.97 Å². The SMILES string of the molecule is Cc1cc(N)nc2cc(Br)cnc12. The van der Waals surface area contributed by atoms with Gasteiger partial charge in [0.05, 0.1) is 11.0 Å². The third-order valence-corrected chi connectivity index (χ3v) is 2.26. The van der Waals surface area contributed by atoms with Gasteiger partial charge >= 0.3 is 0 Å². The molecule has 0 fully saturated rings. The van der Waals surface area contributed by atoms with Crippen LogP contribution in [0.25, 0.3) is 11.0 Å². The van der Waals surface area contributed by atoms with E-state index in [0.29, 0.717) is 5.82 Å². The van der Waals surface area contributed by atoms with Crippen molar-refractivity contribution in [2.24, 2.45) is 0 Å². The van der Waals surface area contributed by atoms with Crippen LogP contribution in [-0.2, 0) is 0 Å². The van der Waals surface area contributed by atoms with E-state index in [1.54, 1.807) is 6.20 Å². The monoisotopic (exact) mass is 237 g/mol. The third-order valence-electron chi connectivity index (χ3n) is 1.82. The van der Waals surface area contributed by atoms with Crippen LogP contribution in [0.5, 0.6) is 0 Å². The summed E-state index contributed by atoms with van der Waals surface area (Å²) in [6.45, 7) is 1.97. The van der Waals surface area contributed by atoms with Crippen LogP contribution >= 0.6 is 15.9 Å². The summed E-state index contributed by atoms with van der Waals surface area (Å²) in [5, 5.41) is 0. The molecule has 0 aromatic carbocycles. The Bertz CT molecular complexity index is 462. The van der Waals surface area contributed by atoms with Gasteiger partial charge in [0.15, 0.2) is 0 Å². The smallest absolute Gasteiger partial charge is 0.124 e. The fourth-order valence-electron chi connectivity index (χ4n) is 1.28. The lowest BCUT2D eigenvalue weighted by atomic mass is 10.2. The van der Waals surface area contributed by atoms with Gasteiger partial charge in [-0.1, -0.05) is 0 Å². The number of rotatable bonds is 0. The van der Waals surface area contributed by atoms with Crippen molar-refractivity contribution in [3.8, 4) is 0 Å². The van der Waals surface area contributed by atoms with E-state index in [2.05, 4.69) is 25.9 Å². The minimum Gasteiger partial charge on any atom is -0.384 e. The van der Waals surface area contributed by atoms with Crippen LogP contribution in [0.1, 0.15) is 5.56 Å². The van der Waals surface area contributed by atoms with Gasteiger partial charge in [0.25, 0.3) is 0 Å². The maximum absolute atomic E-state index is 5.62. The molecule has 2 heterocycles. The summed E-state index contributed by atoms with van der Waals surface area (Å²) in [6, 6.07) is 3.73. The van der Waals surface area contributed by atoms with Crippen LogP contribution < -0.4 is 5.73 Å². The summed E-state index contributed by atoms with van der Waals surface area (Å²) in [7, 11) is 0. The number of aryl methyl sites for hydroxylation is 1. The number of anilines is 1. The van der Waals surface area contributed by atoms with Gasteiger partial charge in [-0.15, -0.1) is 0 Å². The molecule has 0 unspecified atom stereocenters. The number of hydrogen-bond donors (Lipinski definition) is 1. The second kappa shape index (κ2) is 2.96. The number of fused-ring (bicyclic) bond motifs is 1. The molecular formula is C9H8BrN3. The highest BCUT2D eigenvalue weighted by molar-refractivity contribution is 9.10. The average Bonchev–Trinajstić information content (AvgIpc) is 2.02. The fraction of sp³-hybridized carbons (Fsp3) is 0.111. The van der Waals surface area contributed by atoms with E-state index in [9.17, 15) is 0 Å². The maximum Gasteiger partial charge on any atom is 0.124 e. The number of nitrogens with zero attached hydrogens (tertiary/aromatic N) is 2. The summed E-state index contributed by atoms with van der Waals surface area (Å²) in [6.07, 6.45) is 1.76. The summed E-state index contributed by atoms with van der Waals surface area (Å²) >= 11 is 3.34. The van der Waals surface area contributed by atoms with Crippen molar-refractivity contribution in [2.45, 2.75) is 6.92 Å². The predicted octanol–water partition coefficient (Wildman–Crippen LogP) is 2.28. The van der Waals surface area contributed by atoms with Crippen molar-refractivity contribution in [2.75, 3.05) is 5.73 Å².